The van der Waals surface area contributed by atoms with Gasteiger partial charge in [0, 0.05) is 23.7 Å². The highest BCUT2D eigenvalue weighted by atomic mass is 16.5. The zero-order valence-electron chi connectivity index (χ0n) is 18.3. The van der Waals surface area contributed by atoms with E-state index in [1.807, 2.05) is 42.0 Å². The molecule has 0 saturated carbocycles. The maximum Gasteiger partial charge on any atom is 0.143 e. The maximum atomic E-state index is 10.5. The van der Waals surface area contributed by atoms with Crippen molar-refractivity contribution >= 4 is 0 Å². The summed E-state index contributed by atoms with van der Waals surface area (Å²) in [5, 5.41) is 10.5. The number of ether oxygens (including phenoxy) is 1. The largest absolute Gasteiger partial charge is 0.495 e. The molecular weight excluding hydrogens is 364 g/mol. The van der Waals surface area contributed by atoms with E-state index in [1.165, 1.54) is 0 Å². The van der Waals surface area contributed by atoms with Gasteiger partial charge in [-0.2, -0.15) is 0 Å². The van der Waals surface area contributed by atoms with Crippen LogP contribution in [-0.4, -0.2) is 31.7 Å². The van der Waals surface area contributed by atoms with Gasteiger partial charge in [-0.25, -0.2) is 15.0 Å². The molecule has 0 aliphatic rings. The van der Waals surface area contributed by atoms with Crippen molar-refractivity contribution in [2.75, 3.05) is 7.11 Å². The van der Waals surface area contributed by atoms with Gasteiger partial charge in [-0.3, -0.25) is 0 Å². The van der Waals surface area contributed by atoms with E-state index in [0.717, 1.165) is 28.4 Å². The maximum absolute atomic E-state index is 10.5. The molecule has 0 saturated heterocycles. The van der Waals surface area contributed by atoms with Gasteiger partial charge in [0.2, 0.25) is 0 Å². The van der Waals surface area contributed by atoms with E-state index >= 15 is 0 Å². The molecule has 2 aromatic heterocycles. The number of aromatic nitrogens is 4. The minimum atomic E-state index is -1.03. The molecule has 3 rings (SSSR count). The number of imidazole rings is 1. The summed E-state index contributed by atoms with van der Waals surface area (Å²) in [5.41, 5.74) is 3.29. The van der Waals surface area contributed by atoms with Gasteiger partial charge in [-0.1, -0.05) is 26.8 Å². The van der Waals surface area contributed by atoms with Crippen molar-refractivity contribution < 1.29 is 9.84 Å². The first kappa shape index (κ1) is 21.0. The van der Waals surface area contributed by atoms with Gasteiger partial charge in [0.05, 0.1) is 30.5 Å². The highest BCUT2D eigenvalue weighted by Crippen LogP contribution is 2.28. The van der Waals surface area contributed by atoms with Gasteiger partial charge >= 0.3 is 0 Å². The molecule has 0 atom stereocenters. The predicted octanol–water partition coefficient (Wildman–Crippen LogP) is 4.10. The standard InChI is InChI=1S/C23H30N4O2/c1-15-13-27(14-24-15)17-9-8-16(10-18(17)29-7)11-21-25-19(22(2,3)4)12-20(26-21)23(5,6)28/h8-10,12-14,28H,11H2,1-7H3. The van der Waals surface area contributed by atoms with E-state index in [0.29, 0.717) is 17.9 Å². The lowest BCUT2D eigenvalue weighted by Gasteiger charge is -2.23. The van der Waals surface area contributed by atoms with Gasteiger partial charge in [-0.05, 0) is 44.5 Å². The van der Waals surface area contributed by atoms with Crippen LogP contribution < -0.4 is 4.74 Å². The Labute approximate surface area is 172 Å². The van der Waals surface area contributed by atoms with Crippen molar-refractivity contribution in [3.05, 3.63) is 65.3 Å². The van der Waals surface area contributed by atoms with Crippen LogP contribution in [0, 0.1) is 6.92 Å². The quantitative estimate of drug-likeness (QED) is 0.705. The fourth-order valence-electron chi connectivity index (χ4n) is 3.05. The van der Waals surface area contributed by atoms with Crippen molar-refractivity contribution in [1.29, 1.82) is 0 Å². The Bertz CT molecular complexity index is 978. The third kappa shape index (κ3) is 4.82. The molecule has 29 heavy (non-hydrogen) atoms. The molecule has 0 radical (unpaired) electrons. The monoisotopic (exact) mass is 394 g/mol. The molecule has 0 aliphatic carbocycles. The normalized spacial score (nSPS) is 12.3. The molecule has 1 N–H and O–H groups in total. The van der Waals surface area contributed by atoms with Crippen LogP contribution >= 0.6 is 0 Å². The second kappa shape index (κ2) is 7.59. The second-order valence-electron chi connectivity index (χ2n) is 8.97. The Kier molecular flexibility index (Phi) is 5.50. The van der Waals surface area contributed by atoms with Crippen molar-refractivity contribution in [3.63, 3.8) is 0 Å². The third-order valence-corrected chi connectivity index (χ3v) is 4.76. The van der Waals surface area contributed by atoms with E-state index in [2.05, 4.69) is 30.7 Å². The molecular formula is C23H30N4O2. The van der Waals surface area contributed by atoms with Crippen molar-refractivity contribution in [3.8, 4) is 11.4 Å². The first-order valence-corrected chi connectivity index (χ1v) is 9.76. The fraction of sp³-hybridized carbons (Fsp3) is 0.435. The van der Waals surface area contributed by atoms with Gasteiger partial charge in [0.1, 0.15) is 17.2 Å². The third-order valence-electron chi connectivity index (χ3n) is 4.76. The van der Waals surface area contributed by atoms with Crippen molar-refractivity contribution in [2.24, 2.45) is 0 Å². The molecule has 0 spiro atoms. The lowest BCUT2D eigenvalue weighted by molar-refractivity contribution is 0.0732. The van der Waals surface area contributed by atoms with Crippen LogP contribution in [0.2, 0.25) is 0 Å². The topological polar surface area (TPSA) is 73.1 Å². The van der Waals surface area contributed by atoms with Crippen molar-refractivity contribution in [1.82, 2.24) is 19.5 Å². The lowest BCUT2D eigenvalue weighted by atomic mass is 9.90. The van der Waals surface area contributed by atoms with Gasteiger partial charge < -0.3 is 14.4 Å². The van der Waals surface area contributed by atoms with Crippen LogP contribution in [0.25, 0.3) is 5.69 Å². The number of rotatable bonds is 5. The average molecular weight is 395 g/mol. The highest BCUT2D eigenvalue weighted by molar-refractivity contribution is 5.49. The number of nitrogens with zero attached hydrogens (tertiary/aromatic N) is 4. The van der Waals surface area contributed by atoms with Crippen LogP contribution in [0.5, 0.6) is 5.75 Å². The highest BCUT2D eigenvalue weighted by Gasteiger charge is 2.24. The van der Waals surface area contributed by atoms with Crippen LogP contribution in [0.15, 0.2) is 36.8 Å². The van der Waals surface area contributed by atoms with E-state index in [9.17, 15) is 5.11 Å². The zero-order chi connectivity index (χ0) is 21.4. The molecule has 3 aromatic rings. The molecule has 154 valence electrons. The summed E-state index contributed by atoms with van der Waals surface area (Å²) in [5.74, 6) is 1.44. The summed E-state index contributed by atoms with van der Waals surface area (Å²) in [4.78, 5) is 13.7. The summed E-state index contributed by atoms with van der Waals surface area (Å²) in [6, 6.07) is 7.96. The minimum absolute atomic E-state index is 0.140. The molecule has 0 amide bonds. The molecule has 0 bridgehead atoms. The summed E-state index contributed by atoms with van der Waals surface area (Å²) >= 11 is 0. The van der Waals surface area contributed by atoms with E-state index in [-0.39, 0.29) is 5.41 Å². The summed E-state index contributed by atoms with van der Waals surface area (Å²) < 4.78 is 7.56. The number of hydrogen-bond acceptors (Lipinski definition) is 5. The summed E-state index contributed by atoms with van der Waals surface area (Å²) in [6.07, 6.45) is 4.29. The second-order valence-corrected chi connectivity index (χ2v) is 8.97. The molecule has 0 fully saturated rings. The number of methoxy groups -OCH3 is 1. The number of aliphatic hydroxyl groups is 1. The Hall–Kier alpha value is -2.73. The SMILES string of the molecule is COc1cc(Cc2nc(C(C)(C)C)cc(C(C)(C)O)n2)ccc1-n1cnc(C)c1. The minimum Gasteiger partial charge on any atom is -0.495 e. The number of benzene rings is 1. The van der Waals surface area contributed by atoms with Gasteiger partial charge in [0.15, 0.2) is 0 Å². The fourth-order valence-corrected chi connectivity index (χ4v) is 3.05. The van der Waals surface area contributed by atoms with E-state index in [1.54, 1.807) is 27.3 Å². The summed E-state index contributed by atoms with van der Waals surface area (Å²) in [7, 11) is 1.66. The molecule has 0 aliphatic heterocycles. The molecule has 1 aromatic carbocycles. The average Bonchev–Trinajstić information content (AvgIpc) is 3.06. The Morgan fingerprint density at radius 1 is 1.03 bits per heavy atom. The smallest absolute Gasteiger partial charge is 0.143 e. The molecule has 6 heteroatoms. The molecule has 6 nitrogen and oxygen atoms in total. The molecule has 2 heterocycles. The Morgan fingerprint density at radius 2 is 1.72 bits per heavy atom. The van der Waals surface area contributed by atoms with Gasteiger partial charge in [0.25, 0.3) is 0 Å². The van der Waals surface area contributed by atoms with Gasteiger partial charge in [-0.15, -0.1) is 0 Å². The van der Waals surface area contributed by atoms with Crippen molar-refractivity contribution in [2.45, 2.75) is 59.0 Å². The first-order chi connectivity index (χ1) is 13.5. The lowest BCUT2D eigenvalue weighted by Crippen LogP contribution is -2.23. The molecule has 0 unspecified atom stereocenters. The number of aryl methyl sites for hydroxylation is 1. The Morgan fingerprint density at radius 3 is 2.28 bits per heavy atom. The van der Waals surface area contributed by atoms with Crippen LogP contribution in [0.3, 0.4) is 0 Å². The van der Waals surface area contributed by atoms with E-state index < -0.39 is 5.60 Å². The zero-order valence-corrected chi connectivity index (χ0v) is 18.3. The summed E-state index contributed by atoms with van der Waals surface area (Å²) in [6.45, 7) is 11.8. The van der Waals surface area contributed by atoms with Crippen LogP contribution in [0.4, 0.5) is 0 Å². The Balaban J connectivity index is 1.99. The van der Waals surface area contributed by atoms with Crippen LogP contribution in [-0.2, 0) is 17.4 Å². The predicted molar refractivity (Wildman–Crippen MR) is 114 cm³/mol. The van der Waals surface area contributed by atoms with E-state index in [4.69, 9.17) is 9.72 Å². The van der Waals surface area contributed by atoms with Crippen LogP contribution in [0.1, 0.15) is 63.1 Å². The first-order valence-electron chi connectivity index (χ1n) is 9.76. The number of hydrogen-bond donors (Lipinski definition) is 1.